The molecule has 188 valence electrons. The van der Waals surface area contributed by atoms with Crippen LogP contribution in [0.4, 0.5) is 0 Å². The van der Waals surface area contributed by atoms with Crippen molar-refractivity contribution in [1.82, 2.24) is 15.7 Å². The zero-order chi connectivity index (χ0) is 25.1. The number of likely N-dealkylation sites (tertiary alicyclic amines) is 1. The van der Waals surface area contributed by atoms with E-state index in [9.17, 15) is 19.6 Å². The van der Waals surface area contributed by atoms with Crippen molar-refractivity contribution in [3.63, 3.8) is 0 Å². The number of allylic oxidation sites excluding steroid dienone is 1. The summed E-state index contributed by atoms with van der Waals surface area (Å²) in [6.45, 7) is 9.30. The molecule has 0 bridgehead atoms. The number of carbonyl (C=O) groups is 3. The monoisotopic (exact) mass is 473 g/mol. The Labute approximate surface area is 202 Å². The van der Waals surface area contributed by atoms with Gasteiger partial charge < -0.3 is 15.0 Å². The highest BCUT2D eigenvalue weighted by Crippen LogP contribution is 2.25. The minimum atomic E-state index is -0.884. The second kappa shape index (κ2) is 13.9. The lowest BCUT2D eigenvalue weighted by atomic mass is 9.82. The van der Waals surface area contributed by atoms with Crippen LogP contribution in [0, 0.1) is 17.8 Å². The maximum Gasteiger partial charge on any atom is 0.329 e. The average Bonchev–Trinajstić information content (AvgIpc) is 2.82. The van der Waals surface area contributed by atoms with E-state index in [0.29, 0.717) is 6.42 Å². The Morgan fingerprint density at radius 2 is 1.79 bits per heavy atom. The molecule has 1 aromatic rings. The van der Waals surface area contributed by atoms with Gasteiger partial charge in [0.15, 0.2) is 0 Å². The molecular formula is C26H39N3O5. The molecule has 34 heavy (non-hydrogen) atoms. The summed E-state index contributed by atoms with van der Waals surface area (Å²) in [7, 11) is 2.04. The molecule has 1 aliphatic heterocycles. The fourth-order valence-electron chi connectivity index (χ4n) is 4.35. The summed E-state index contributed by atoms with van der Waals surface area (Å²) in [5.74, 6) is -2.94. The van der Waals surface area contributed by atoms with Crippen LogP contribution in [0.3, 0.4) is 0 Å². The number of benzene rings is 1. The molecule has 8 heteroatoms. The van der Waals surface area contributed by atoms with Gasteiger partial charge in [0, 0.05) is 19.5 Å². The zero-order valence-electron chi connectivity index (χ0n) is 20.5. The van der Waals surface area contributed by atoms with Crippen LogP contribution in [-0.4, -0.2) is 60.2 Å². The predicted octanol–water partition coefficient (Wildman–Crippen LogP) is 2.71. The Balaban J connectivity index is 2.23. The lowest BCUT2D eigenvalue weighted by Crippen LogP contribution is -2.50. The summed E-state index contributed by atoms with van der Waals surface area (Å²) in [4.78, 5) is 41.1. The van der Waals surface area contributed by atoms with Gasteiger partial charge >= 0.3 is 5.97 Å². The number of rotatable bonds is 12. The van der Waals surface area contributed by atoms with E-state index in [-0.39, 0.29) is 24.9 Å². The molecule has 0 radical (unpaired) electrons. The molecule has 0 spiro atoms. The lowest BCUT2D eigenvalue weighted by molar-refractivity contribution is -0.155. The summed E-state index contributed by atoms with van der Waals surface area (Å²) < 4.78 is 5.80. The smallest absolute Gasteiger partial charge is 0.329 e. The highest BCUT2D eigenvalue weighted by molar-refractivity contribution is 5.90. The normalized spacial score (nSPS) is 17.4. The van der Waals surface area contributed by atoms with E-state index in [0.717, 1.165) is 31.5 Å². The van der Waals surface area contributed by atoms with E-state index < -0.39 is 35.7 Å². The Morgan fingerprint density at radius 3 is 2.35 bits per heavy atom. The van der Waals surface area contributed by atoms with Crippen molar-refractivity contribution in [2.45, 2.75) is 58.1 Å². The van der Waals surface area contributed by atoms with E-state index in [1.54, 1.807) is 11.6 Å². The second-order valence-corrected chi connectivity index (χ2v) is 9.53. The van der Waals surface area contributed by atoms with Gasteiger partial charge in [-0.3, -0.25) is 14.8 Å². The third kappa shape index (κ3) is 8.57. The van der Waals surface area contributed by atoms with Crippen molar-refractivity contribution in [1.29, 1.82) is 0 Å². The first-order valence-corrected chi connectivity index (χ1v) is 12.0. The van der Waals surface area contributed by atoms with E-state index in [4.69, 9.17) is 4.74 Å². The highest BCUT2D eigenvalue weighted by Gasteiger charge is 2.36. The van der Waals surface area contributed by atoms with Crippen LogP contribution in [0.1, 0.15) is 45.1 Å². The molecule has 0 aliphatic carbocycles. The number of nitrogens with one attached hydrogen (secondary N) is 2. The first-order chi connectivity index (χ1) is 16.2. The number of ether oxygens (including phenoxy) is 1. The van der Waals surface area contributed by atoms with Gasteiger partial charge in [-0.1, -0.05) is 50.3 Å². The van der Waals surface area contributed by atoms with Crippen LogP contribution in [-0.2, 0) is 25.5 Å². The largest absolute Gasteiger partial charge is 0.461 e. The molecule has 3 N–H and O–H groups in total. The minimum absolute atomic E-state index is 0.119. The third-order valence-electron chi connectivity index (χ3n) is 6.25. The van der Waals surface area contributed by atoms with Crippen molar-refractivity contribution in [3.8, 4) is 0 Å². The van der Waals surface area contributed by atoms with Gasteiger partial charge in [-0.25, -0.2) is 10.3 Å². The molecule has 2 rings (SSSR count). The van der Waals surface area contributed by atoms with Crippen LogP contribution >= 0.6 is 0 Å². The van der Waals surface area contributed by atoms with Crippen molar-refractivity contribution in [3.05, 3.63) is 48.6 Å². The van der Waals surface area contributed by atoms with Gasteiger partial charge in [0.25, 0.3) is 0 Å². The number of hydrogen-bond acceptors (Lipinski definition) is 6. The molecule has 8 nitrogen and oxygen atoms in total. The van der Waals surface area contributed by atoms with Gasteiger partial charge in [-0.15, -0.1) is 6.58 Å². The van der Waals surface area contributed by atoms with Crippen molar-refractivity contribution in [2.75, 3.05) is 20.1 Å². The molecule has 0 saturated carbocycles. The van der Waals surface area contributed by atoms with E-state index in [1.165, 1.54) is 0 Å². The fourth-order valence-corrected chi connectivity index (χ4v) is 4.35. The fraction of sp³-hybridized carbons (Fsp3) is 0.577. The Hall–Kier alpha value is -2.71. The molecular weight excluding hydrogens is 434 g/mol. The minimum Gasteiger partial charge on any atom is -0.461 e. The highest BCUT2D eigenvalue weighted by atomic mass is 16.5. The molecule has 3 unspecified atom stereocenters. The molecule has 2 amide bonds. The van der Waals surface area contributed by atoms with Gasteiger partial charge in [-0.2, -0.15) is 0 Å². The van der Waals surface area contributed by atoms with Crippen LogP contribution in [0.15, 0.2) is 43.0 Å². The summed E-state index contributed by atoms with van der Waals surface area (Å²) >= 11 is 0. The zero-order valence-corrected chi connectivity index (χ0v) is 20.5. The van der Waals surface area contributed by atoms with Crippen LogP contribution in [0.5, 0.6) is 0 Å². The molecule has 1 aliphatic rings. The SMILES string of the molecule is C=CCC(C(=O)NO)C(CC(C)C)C(=O)NC(Cc1ccccc1)C(=O)OC1CCN(C)CC1. The van der Waals surface area contributed by atoms with Crippen molar-refractivity contribution in [2.24, 2.45) is 17.8 Å². The van der Waals surface area contributed by atoms with E-state index in [1.807, 2.05) is 51.2 Å². The van der Waals surface area contributed by atoms with Gasteiger partial charge in [-0.05, 0) is 44.2 Å². The molecule has 3 atom stereocenters. The van der Waals surface area contributed by atoms with Gasteiger partial charge in [0.1, 0.15) is 12.1 Å². The van der Waals surface area contributed by atoms with Gasteiger partial charge in [0.2, 0.25) is 11.8 Å². The van der Waals surface area contributed by atoms with Crippen molar-refractivity contribution < 1.29 is 24.3 Å². The van der Waals surface area contributed by atoms with E-state index >= 15 is 0 Å². The maximum atomic E-state index is 13.4. The molecule has 1 heterocycles. The summed E-state index contributed by atoms with van der Waals surface area (Å²) in [5, 5.41) is 12.1. The average molecular weight is 474 g/mol. The van der Waals surface area contributed by atoms with Crippen molar-refractivity contribution >= 4 is 17.8 Å². The number of hydrogen-bond donors (Lipinski definition) is 3. The maximum absolute atomic E-state index is 13.4. The number of amides is 2. The molecule has 1 fully saturated rings. The summed E-state index contributed by atoms with van der Waals surface area (Å²) in [5.41, 5.74) is 2.56. The standard InChI is InChI=1S/C26H39N3O5/c1-5-9-21(25(31)28-33)22(16-18(2)3)24(30)27-23(17-19-10-7-6-8-11-19)26(32)34-20-12-14-29(4)15-13-20/h5-8,10-11,18,20-23,33H,1,9,12-17H2,2-4H3,(H,27,30)(H,28,31). The van der Waals surface area contributed by atoms with Crippen LogP contribution < -0.4 is 10.8 Å². The quantitative estimate of drug-likeness (QED) is 0.186. The Kier molecular flexibility index (Phi) is 11.2. The van der Waals surface area contributed by atoms with E-state index in [2.05, 4.69) is 16.8 Å². The molecule has 1 aromatic carbocycles. The second-order valence-electron chi connectivity index (χ2n) is 9.53. The third-order valence-corrected chi connectivity index (χ3v) is 6.25. The molecule has 1 saturated heterocycles. The first kappa shape index (κ1) is 27.5. The topological polar surface area (TPSA) is 108 Å². The summed E-state index contributed by atoms with van der Waals surface area (Å²) in [6.07, 6.45) is 3.80. The molecule has 0 aromatic heterocycles. The van der Waals surface area contributed by atoms with Crippen LogP contribution in [0.25, 0.3) is 0 Å². The van der Waals surface area contributed by atoms with Gasteiger partial charge in [0.05, 0.1) is 11.8 Å². The predicted molar refractivity (Wildman–Crippen MR) is 130 cm³/mol. The number of esters is 1. The Morgan fingerprint density at radius 1 is 1.15 bits per heavy atom. The number of hydroxylamine groups is 1. The first-order valence-electron chi connectivity index (χ1n) is 12.0. The number of piperidine rings is 1. The Bertz CT molecular complexity index is 806. The summed E-state index contributed by atoms with van der Waals surface area (Å²) in [6, 6.07) is 8.56. The lowest BCUT2D eigenvalue weighted by Gasteiger charge is -2.31. The number of nitrogens with zero attached hydrogens (tertiary/aromatic N) is 1. The van der Waals surface area contributed by atoms with Crippen LogP contribution in [0.2, 0.25) is 0 Å². The number of carbonyl (C=O) groups excluding carboxylic acids is 3.